The second-order valence-corrected chi connectivity index (χ2v) is 9.60. The number of hydrogen-bond acceptors (Lipinski definition) is 4. The highest BCUT2D eigenvalue weighted by Crippen LogP contribution is 2.44. The zero-order valence-corrected chi connectivity index (χ0v) is 17.7. The number of hydrogen-bond donors (Lipinski definition) is 1. The Bertz CT molecular complexity index is 1110. The van der Waals surface area contributed by atoms with Crippen molar-refractivity contribution in [3.63, 3.8) is 0 Å². The molecule has 156 valence electrons. The molecule has 0 aromatic heterocycles. The number of anilines is 2. The van der Waals surface area contributed by atoms with Gasteiger partial charge < -0.3 is 9.80 Å². The van der Waals surface area contributed by atoms with Crippen LogP contribution in [0.4, 0.5) is 11.4 Å². The summed E-state index contributed by atoms with van der Waals surface area (Å²) in [6.45, 7) is 2.48. The third-order valence-electron chi connectivity index (χ3n) is 6.16. The minimum atomic E-state index is -2.67. The van der Waals surface area contributed by atoms with Crippen molar-refractivity contribution in [2.24, 2.45) is 11.8 Å². The average Bonchev–Trinajstić information content (AvgIpc) is 3.64. The van der Waals surface area contributed by atoms with Gasteiger partial charge in [0.15, 0.2) is 10.7 Å². The number of nitrogens with zero attached hydrogens (tertiary/aromatic N) is 2. The van der Waals surface area contributed by atoms with E-state index in [1.807, 2.05) is 41.0 Å². The van der Waals surface area contributed by atoms with Gasteiger partial charge in [-0.25, -0.2) is 8.42 Å². The Hall–Kier alpha value is -2.67. The molecule has 0 saturated heterocycles. The Balaban J connectivity index is 1.61. The van der Waals surface area contributed by atoms with Crippen LogP contribution in [0.25, 0.3) is 11.1 Å². The summed E-state index contributed by atoms with van der Waals surface area (Å²) in [5.74, 6) is 0.429. The second-order valence-electron chi connectivity index (χ2n) is 8.57. The molecule has 0 unspecified atom stereocenters. The van der Waals surface area contributed by atoms with E-state index in [0.717, 1.165) is 48.2 Å². The first-order valence-corrected chi connectivity index (χ1v) is 11.6. The van der Waals surface area contributed by atoms with E-state index in [1.54, 1.807) is 18.2 Å². The molecule has 0 bridgehead atoms. The van der Waals surface area contributed by atoms with Crippen molar-refractivity contribution in [2.45, 2.75) is 43.5 Å². The first kappa shape index (κ1) is 19.3. The fraction of sp³-hybridized carbons (Fsp3) is 0.391. The van der Waals surface area contributed by atoms with Crippen LogP contribution >= 0.6 is 0 Å². The Morgan fingerprint density at radius 1 is 0.867 bits per heavy atom. The van der Waals surface area contributed by atoms with Crippen molar-refractivity contribution >= 4 is 33.9 Å². The number of amides is 2. The summed E-state index contributed by atoms with van der Waals surface area (Å²) in [5.41, 5.74) is 3.12. The Kier molecular flexibility index (Phi) is 4.65. The summed E-state index contributed by atoms with van der Waals surface area (Å²) in [6, 6.07) is 12.4. The minimum absolute atomic E-state index is 0.0761. The van der Waals surface area contributed by atoms with Crippen LogP contribution in [0.5, 0.6) is 0 Å². The van der Waals surface area contributed by atoms with E-state index in [4.69, 9.17) is 0 Å². The standard InChI is InChI=1S/C23H24N2O4S/c1-14-13-24(22(26)15-5-6-15)21-12-18(17-3-2-4-19(11-17)30(28)29)9-10-20(21)25(14)23(27)16-7-8-16/h2-4,9-12,14-16,30H,5-8,13H2,1H3/t14-/m0/s1. The zero-order chi connectivity index (χ0) is 21.0. The molecular formula is C23H24N2O4S. The highest BCUT2D eigenvalue weighted by Gasteiger charge is 2.43. The molecule has 0 radical (unpaired) electrons. The van der Waals surface area contributed by atoms with Gasteiger partial charge in [-0.1, -0.05) is 18.2 Å². The van der Waals surface area contributed by atoms with Crippen molar-refractivity contribution in [3.8, 4) is 11.1 Å². The molecule has 0 N–H and O–H groups in total. The van der Waals surface area contributed by atoms with Gasteiger partial charge in [-0.2, -0.15) is 0 Å². The topological polar surface area (TPSA) is 74.8 Å². The molecule has 2 saturated carbocycles. The smallest absolute Gasteiger partial charge is 0.230 e. The van der Waals surface area contributed by atoms with E-state index >= 15 is 0 Å². The molecule has 5 rings (SSSR count). The van der Waals surface area contributed by atoms with E-state index in [0.29, 0.717) is 6.54 Å². The third kappa shape index (κ3) is 3.41. The summed E-state index contributed by atoms with van der Waals surface area (Å²) in [7, 11) is -2.67. The summed E-state index contributed by atoms with van der Waals surface area (Å²) in [6.07, 6.45) is 3.70. The van der Waals surface area contributed by atoms with Gasteiger partial charge in [0.25, 0.3) is 0 Å². The van der Waals surface area contributed by atoms with Crippen LogP contribution in [0.15, 0.2) is 47.4 Å². The lowest BCUT2D eigenvalue weighted by Crippen LogP contribution is -2.52. The third-order valence-corrected chi connectivity index (χ3v) is 6.86. The largest absolute Gasteiger partial charge is 0.308 e. The number of carbonyl (C=O) groups is 2. The summed E-state index contributed by atoms with van der Waals surface area (Å²) >= 11 is 0. The first-order chi connectivity index (χ1) is 14.4. The molecule has 3 aliphatic rings. The SMILES string of the molecule is C[C@H]1CN(C(=O)C2CC2)c2cc(-c3cccc([SH](=O)=O)c3)ccc2N1C(=O)C1CC1. The van der Waals surface area contributed by atoms with Gasteiger partial charge in [-0.15, -0.1) is 0 Å². The van der Waals surface area contributed by atoms with Crippen LogP contribution in [0.3, 0.4) is 0 Å². The number of rotatable bonds is 4. The molecule has 2 aromatic carbocycles. The zero-order valence-electron chi connectivity index (χ0n) is 16.8. The number of benzene rings is 2. The Labute approximate surface area is 177 Å². The van der Waals surface area contributed by atoms with Crippen molar-refractivity contribution in [1.82, 2.24) is 0 Å². The fourth-order valence-electron chi connectivity index (χ4n) is 4.23. The maximum Gasteiger partial charge on any atom is 0.230 e. The molecule has 1 aliphatic heterocycles. The number of carbonyl (C=O) groups excluding carboxylic acids is 2. The van der Waals surface area contributed by atoms with Gasteiger partial charge in [0.05, 0.1) is 22.3 Å². The quantitative estimate of drug-likeness (QED) is 0.765. The van der Waals surface area contributed by atoms with Crippen LogP contribution in [-0.4, -0.2) is 32.8 Å². The van der Waals surface area contributed by atoms with Crippen LogP contribution < -0.4 is 9.80 Å². The highest BCUT2D eigenvalue weighted by molar-refractivity contribution is 7.72. The molecular weight excluding hydrogens is 400 g/mol. The number of fused-ring (bicyclic) bond motifs is 1. The predicted octanol–water partition coefficient (Wildman–Crippen LogP) is 3.21. The van der Waals surface area contributed by atoms with E-state index < -0.39 is 10.7 Å². The van der Waals surface area contributed by atoms with E-state index in [1.165, 1.54) is 0 Å². The molecule has 2 amide bonds. The van der Waals surface area contributed by atoms with Crippen molar-refractivity contribution in [2.75, 3.05) is 16.3 Å². The molecule has 2 aromatic rings. The lowest BCUT2D eigenvalue weighted by molar-refractivity contribution is -0.122. The summed E-state index contributed by atoms with van der Waals surface area (Å²) < 4.78 is 22.8. The highest BCUT2D eigenvalue weighted by atomic mass is 32.2. The lowest BCUT2D eigenvalue weighted by atomic mass is 10.00. The molecule has 2 fully saturated rings. The maximum atomic E-state index is 13.0. The van der Waals surface area contributed by atoms with E-state index in [2.05, 4.69) is 0 Å². The fourth-order valence-corrected chi connectivity index (χ4v) is 4.68. The molecule has 7 heteroatoms. The Morgan fingerprint density at radius 3 is 2.20 bits per heavy atom. The molecule has 1 atom stereocenters. The summed E-state index contributed by atoms with van der Waals surface area (Å²) in [4.78, 5) is 30.0. The van der Waals surface area contributed by atoms with Gasteiger partial charge in [0, 0.05) is 18.4 Å². The maximum absolute atomic E-state index is 13.0. The van der Waals surface area contributed by atoms with E-state index in [9.17, 15) is 18.0 Å². The van der Waals surface area contributed by atoms with Crippen LogP contribution in [-0.2, 0) is 20.3 Å². The van der Waals surface area contributed by atoms with Gasteiger partial charge in [-0.3, -0.25) is 9.59 Å². The second kappa shape index (κ2) is 7.23. The van der Waals surface area contributed by atoms with Gasteiger partial charge in [-0.05, 0) is 68.0 Å². The Morgan fingerprint density at radius 2 is 1.53 bits per heavy atom. The lowest BCUT2D eigenvalue weighted by Gasteiger charge is -2.41. The minimum Gasteiger partial charge on any atom is -0.308 e. The summed E-state index contributed by atoms with van der Waals surface area (Å²) in [5, 5.41) is 0. The molecule has 2 aliphatic carbocycles. The molecule has 1 heterocycles. The molecule has 6 nitrogen and oxygen atoms in total. The monoisotopic (exact) mass is 424 g/mol. The predicted molar refractivity (Wildman–Crippen MR) is 115 cm³/mol. The van der Waals surface area contributed by atoms with E-state index in [-0.39, 0.29) is 34.6 Å². The van der Waals surface area contributed by atoms with Crippen LogP contribution in [0.2, 0.25) is 0 Å². The van der Waals surface area contributed by atoms with Gasteiger partial charge in [0.2, 0.25) is 11.8 Å². The van der Waals surface area contributed by atoms with Crippen molar-refractivity contribution in [3.05, 3.63) is 42.5 Å². The molecule has 0 spiro atoms. The normalized spacial score (nSPS) is 20.9. The van der Waals surface area contributed by atoms with Gasteiger partial charge in [0.1, 0.15) is 0 Å². The van der Waals surface area contributed by atoms with Crippen LogP contribution in [0, 0.1) is 11.8 Å². The number of thiol groups is 1. The average molecular weight is 425 g/mol. The van der Waals surface area contributed by atoms with Crippen molar-refractivity contribution in [1.29, 1.82) is 0 Å². The van der Waals surface area contributed by atoms with Crippen LogP contribution in [0.1, 0.15) is 32.6 Å². The first-order valence-electron chi connectivity index (χ1n) is 10.5. The van der Waals surface area contributed by atoms with Crippen molar-refractivity contribution < 1.29 is 18.0 Å². The molecule has 30 heavy (non-hydrogen) atoms. The van der Waals surface area contributed by atoms with Gasteiger partial charge >= 0.3 is 0 Å².